The van der Waals surface area contributed by atoms with Crippen LogP contribution in [0, 0.1) is 11.2 Å². The average molecular weight is 469 g/mol. The van der Waals surface area contributed by atoms with Crippen LogP contribution < -0.4 is 20.3 Å². The lowest BCUT2D eigenvalue weighted by atomic mass is 9.90. The molecule has 1 aliphatic rings. The number of hydrogen-bond donors (Lipinski definition) is 2. The van der Waals surface area contributed by atoms with E-state index in [4.69, 9.17) is 4.74 Å². The van der Waals surface area contributed by atoms with Crippen molar-refractivity contribution < 1.29 is 45.5 Å². The molecule has 2 atom stereocenters. The van der Waals surface area contributed by atoms with E-state index in [1.165, 1.54) is 31.4 Å². The fourth-order valence-electron chi connectivity index (χ4n) is 2.82. The second-order valence-electron chi connectivity index (χ2n) is 7.77. The average Bonchev–Trinajstić information content (AvgIpc) is 2.76. The molecule has 0 radical (unpaired) electrons. The summed E-state index contributed by atoms with van der Waals surface area (Å²) in [5, 5.41) is 3.65. The number of alkyl halides is 5. The zero-order valence-corrected chi connectivity index (χ0v) is 17.4. The maximum atomic E-state index is 14.2. The largest absolute Gasteiger partial charge is 0.486 e. The van der Waals surface area contributed by atoms with E-state index in [2.05, 4.69) is 5.32 Å². The molecule has 3 amide bonds. The summed E-state index contributed by atoms with van der Waals surface area (Å²) in [7, 11) is 1.24. The van der Waals surface area contributed by atoms with Crippen LogP contribution in [0.5, 0.6) is 5.75 Å². The lowest BCUT2D eigenvalue weighted by molar-refractivity contribution is -0.278. The van der Waals surface area contributed by atoms with Gasteiger partial charge in [-0.3, -0.25) is 14.4 Å². The van der Waals surface area contributed by atoms with Gasteiger partial charge in [0.25, 0.3) is 5.91 Å². The Labute approximate surface area is 179 Å². The molecular formula is C19H21F6N3O4. The van der Waals surface area contributed by atoms with Crippen molar-refractivity contribution in [3.63, 3.8) is 0 Å². The van der Waals surface area contributed by atoms with Gasteiger partial charge in [0.2, 0.25) is 11.8 Å². The highest BCUT2D eigenvalue weighted by Crippen LogP contribution is 2.36. The Bertz CT molecular complexity index is 919. The molecule has 0 bridgehead atoms. The SMILES string of the molecule is C[C@H]1Oc2cccc(F)c2N(C)C(=O)[C@H]1NC(=O)C(C)(C)C(=O)NCC(F)(F)C(F)(F)F. The molecule has 0 saturated heterocycles. The third kappa shape index (κ3) is 4.75. The number of anilines is 1. The van der Waals surface area contributed by atoms with Gasteiger partial charge in [-0.05, 0) is 32.9 Å². The van der Waals surface area contributed by atoms with E-state index < -0.39 is 59.7 Å². The van der Waals surface area contributed by atoms with Crippen LogP contribution in [0.15, 0.2) is 18.2 Å². The van der Waals surface area contributed by atoms with Crippen molar-refractivity contribution in [1.82, 2.24) is 10.6 Å². The molecule has 0 aromatic heterocycles. The second-order valence-corrected chi connectivity index (χ2v) is 7.77. The van der Waals surface area contributed by atoms with E-state index in [1.807, 2.05) is 0 Å². The summed E-state index contributed by atoms with van der Waals surface area (Å²) < 4.78 is 82.7. The van der Waals surface area contributed by atoms with Gasteiger partial charge >= 0.3 is 12.1 Å². The van der Waals surface area contributed by atoms with E-state index in [1.54, 1.807) is 0 Å². The number of nitrogens with one attached hydrogen (secondary N) is 2. The van der Waals surface area contributed by atoms with Gasteiger partial charge in [0.05, 0.1) is 6.54 Å². The maximum absolute atomic E-state index is 14.2. The van der Waals surface area contributed by atoms with Crippen LogP contribution in [-0.4, -0.2) is 55.6 Å². The smallest absolute Gasteiger partial charge is 0.455 e. The molecule has 1 aromatic carbocycles. The molecule has 32 heavy (non-hydrogen) atoms. The molecule has 1 aromatic rings. The monoisotopic (exact) mass is 469 g/mol. The van der Waals surface area contributed by atoms with E-state index in [0.717, 1.165) is 24.8 Å². The Morgan fingerprint density at radius 2 is 1.72 bits per heavy atom. The number of fused-ring (bicyclic) bond motifs is 1. The first kappa shape index (κ1) is 25.3. The fourth-order valence-corrected chi connectivity index (χ4v) is 2.82. The normalized spacial score (nSPS) is 19.6. The van der Waals surface area contributed by atoms with Gasteiger partial charge in [-0.25, -0.2) is 4.39 Å². The molecule has 0 aliphatic carbocycles. The second kappa shape index (κ2) is 8.51. The van der Waals surface area contributed by atoms with Gasteiger partial charge in [-0.1, -0.05) is 6.07 Å². The number of carbonyl (C=O) groups is 3. The van der Waals surface area contributed by atoms with Gasteiger partial charge in [0.15, 0.2) is 5.82 Å². The quantitative estimate of drug-likeness (QED) is 0.512. The highest BCUT2D eigenvalue weighted by Gasteiger charge is 2.57. The van der Waals surface area contributed by atoms with Crippen LogP contribution in [0.4, 0.5) is 32.0 Å². The van der Waals surface area contributed by atoms with Crippen LogP contribution in [-0.2, 0) is 14.4 Å². The molecule has 0 fully saturated rings. The minimum atomic E-state index is -5.89. The zero-order chi connectivity index (χ0) is 24.6. The van der Waals surface area contributed by atoms with Crippen molar-refractivity contribution >= 4 is 23.4 Å². The van der Waals surface area contributed by atoms with E-state index in [-0.39, 0.29) is 11.4 Å². The summed E-state index contributed by atoms with van der Waals surface area (Å²) >= 11 is 0. The Morgan fingerprint density at radius 1 is 1.12 bits per heavy atom. The Hall–Kier alpha value is -2.99. The maximum Gasteiger partial charge on any atom is 0.455 e. The molecule has 1 heterocycles. The van der Waals surface area contributed by atoms with Crippen molar-refractivity contribution in [2.45, 2.75) is 45.0 Å². The van der Waals surface area contributed by atoms with Gasteiger partial charge < -0.3 is 20.3 Å². The zero-order valence-electron chi connectivity index (χ0n) is 17.4. The molecule has 0 spiro atoms. The molecule has 2 N–H and O–H groups in total. The molecule has 0 unspecified atom stereocenters. The highest BCUT2D eigenvalue weighted by molar-refractivity contribution is 6.07. The van der Waals surface area contributed by atoms with E-state index >= 15 is 0 Å². The lowest BCUT2D eigenvalue weighted by Crippen LogP contribution is -2.59. The molecule has 7 nitrogen and oxygen atoms in total. The summed E-state index contributed by atoms with van der Waals surface area (Å²) in [6, 6.07) is 2.44. The minimum absolute atomic E-state index is 0.0245. The van der Waals surface area contributed by atoms with Crippen molar-refractivity contribution in [2.24, 2.45) is 5.41 Å². The first-order valence-corrected chi connectivity index (χ1v) is 9.27. The topological polar surface area (TPSA) is 87.7 Å². The molecule has 178 valence electrons. The van der Waals surface area contributed by atoms with Crippen LogP contribution in [0.2, 0.25) is 0 Å². The van der Waals surface area contributed by atoms with Crippen molar-refractivity contribution in [1.29, 1.82) is 0 Å². The third-order valence-electron chi connectivity index (χ3n) is 4.97. The fraction of sp³-hybridized carbons (Fsp3) is 0.526. The number of rotatable bonds is 5. The summed E-state index contributed by atoms with van der Waals surface area (Å²) in [4.78, 5) is 38.6. The predicted molar refractivity (Wildman–Crippen MR) is 99.6 cm³/mol. The Balaban J connectivity index is 2.17. The number of ether oxygens (including phenoxy) is 1. The van der Waals surface area contributed by atoms with E-state index in [0.29, 0.717) is 0 Å². The highest BCUT2D eigenvalue weighted by atomic mass is 19.4. The lowest BCUT2D eigenvalue weighted by Gasteiger charge is -2.29. The van der Waals surface area contributed by atoms with Gasteiger partial charge in [0, 0.05) is 7.05 Å². The number of halogens is 6. The number of amides is 3. The van der Waals surface area contributed by atoms with Crippen LogP contribution in [0.1, 0.15) is 20.8 Å². The molecule has 13 heteroatoms. The number of likely N-dealkylation sites (N-methyl/N-ethyl adjacent to an activating group) is 1. The van der Waals surface area contributed by atoms with Crippen LogP contribution in [0.25, 0.3) is 0 Å². The Kier molecular flexibility index (Phi) is 6.72. The summed E-state index contributed by atoms with van der Waals surface area (Å²) in [5.74, 6) is -9.29. The number of carbonyl (C=O) groups excluding carboxylic acids is 3. The van der Waals surface area contributed by atoms with Gasteiger partial charge in [0.1, 0.15) is 29.0 Å². The van der Waals surface area contributed by atoms with Crippen molar-refractivity contribution in [3.05, 3.63) is 24.0 Å². The van der Waals surface area contributed by atoms with Gasteiger partial charge in [-0.2, -0.15) is 22.0 Å². The first-order chi connectivity index (χ1) is 14.5. The predicted octanol–water partition coefficient (Wildman–Crippen LogP) is 2.39. The number of benzene rings is 1. The van der Waals surface area contributed by atoms with Crippen LogP contribution in [0.3, 0.4) is 0 Å². The summed E-state index contributed by atoms with van der Waals surface area (Å²) in [6.45, 7) is 1.29. The number of para-hydroxylation sites is 1. The summed E-state index contributed by atoms with van der Waals surface area (Å²) in [5.41, 5.74) is -2.31. The first-order valence-electron chi connectivity index (χ1n) is 9.27. The Morgan fingerprint density at radius 3 is 2.28 bits per heavy atom. The molecule has 2 rings (SSSR count). The summed E-state index contributed by atoms with van der Waals surface area (Å²) in [6.07, 6.45) is -6.92. The van der Waals surface area contributed by atoms with Crippen LogP contribution >= 0.6 is 0 Å². The number of hydrogen-bond acceptors (Lipinski definition) is 4. The van der Waals surface area contributed by atoms with E-state index in [9.17, 15) is 40.7 Å². The number of nitrogens with zero attached hydrogens (tertiary/aromatic N) is 1. The minimum Gasteiger partial charge on any atom is -0.486 e. The molecule has 0 saturated carbocycles. The molecular weight excluding hydrogens is 448 g/mol. The molecule has 1 aliphatic heterocycles. The standard InChI is InChI=1S/C19H21F6N3O4/c1-9-12(14(29)28(4)13-10(20)6-5-7-11(13)32-9)27-16(31)17(2,3)15(30)26-8-18(21,22)19(23,24)25/h5-7,9,12H,8H2,1-4H3,(H,26,30)(H,27,31)/t9-,12+/m1/s1. The van der Waals surface area contributed by atoms with Crippen molar-refractivity contribution in [3.8, 4) is 5.75 Å². The van der Waals surface area contributed by atoms with Crippen molar-refractivity contribution in [2.75, 3.05) is 18.5 Å². The van der Waals surface area contributed by atoms with Gasteiger partial charge in [-0.15, -0.1) is 0 Å². The third-order valence-corrected chi connectivity index (χ3v) is 4.97.